The van der Waals surface area contributed by atoms with Crippen LogP contribution in [0.25, 0.3) is 0 Å². The molecule has 2 aliphatic carbocycles. The van der Waals surface area contributed by atoms with Crippen LogP contribution in [0, 0.1) is 5.41 Å². The van der Waals surface area contributed by atoms with E-state index in [0.717, 1.165) is 19.3 Å². The van der Waals surface area contributed by atoms with E-state index in [1.807, 2.05) is 12.1 Å². The van der Waals surface area contributed by atoms with Crippen LogP contribution in [0.1, 0.15) is 99.4 Å². The van der Waals surface area contributed by atoms with Gasteiger partial charge in [-0.3, -0.25) is 25.1 Å². The molecule has 3 aromatic carbocycles. The van der Waals surface area contributed by atoms with Crippen molar-refractivity contribution in [1.29, 1.82) is 5.41 Å². The number of nitrogens with one attached hydrogen (secondary N) is 3. The predicted octanol–water partition coefficient (Wildman–Crippen LogP) is 0.116. The van der Waals surface area contributed by atoms with Gasteiger partial charge in [-0.05, 0) is 49.1 Å². The maximum Gasteiger partial charge on any atom is 0.284 e. The van der Waals surface area contributed by atoms with Gasteiger partial charge in [-0.15, -0.1) is 0 Å². The molecule has 0 radical (unpaired) electrons. The molecule has 1 spiro atoms. The number of fused-ring (bicyclic) bond motifs is 7. The van der Waals surface area contributed by atoms with Gasteiger partial charge in [0, 0.05) is 46.8 Å². The van der Waals surface area contributed by atoms with Crippen molar-refractivity contribution in [3.8, 4) is 11.5 Å². The third-order valence-electron chi connectivity index (χ3n) is 12.7. The van der Waals surface area contributed by atoms with E-state index in [0.29, 0.717) is 40.8 Å². The third kappa shape index (κ3) is 7.05. The number of ketones is 2. The summed E-state index contributed by atoms with van der Waals surface area (Å²) in [6, 6.07) is 13.2. The van der Waals surface area contributed by atoms with Crippen molar-refractivity contribution >= 4 is 47.0 Å². The molecule has 1 saturated heterocycles. The van der Waals surface area contributed by atoms with Gasteiger partial charge in [-0.1, -0.05) is 43.5 Å². The van der Waals surface area contributed by atoms with E-state index in [1.54, 1.807) is 12.1 Å². The molecule has 8 unspecified atom stereocenters. The largest absolute Gasteiger partial charge is 0.486 e. The molecule has 18 heteroatoms. The molecule has 3 aromatic rings. The van der Waals surface area contributed by atoms with Crippen molar-refractivity contribution in [3.05, 3.63) is 87.5 Å². The van der Waals surface area contributed by atoms with Gasteiger partial charge < -0.3 is 49.3 Å². The van der Waals surface area contributed by atoms with Crippen LogP contribution in [-0.4, -0.2) is 129 Å². The highest BCUT2D eigenvalue weighted by Gasteiger charge is 2.56. The van der Waals surface area contributed by atoms with Crippen LogP contribution < -0.4 is 19.7 Å². The van der Waals surface area contributed by atoms with Crippen molar-refractivity contribution in [2.45, 2.75) is 99.9 Å². The number of quaternary nitrogens is 1. The molecule has 9 rings (SSSR count). The minimum absolute atomic E-state index is 0.0256. The predicted molar refractivity (Wildman–Crippen MR) is 216 cm³/mol. The standard InChI is InChI=1S/C44H45N5O13/c45-43-47-40-31(41(58)48-43)46-20-49(40)29-7-3-2-6-24(29)23-11-15-60-44(12-4-1-5-13-44)39-35(56)34(55)36(57)42(62-39)61-37-27(23)17-28-30(38(37)59-19-22(52)10-14-50)33(54)26-16-21(18-51)8-9-25(26)32(28)53/h2-3,6-9,14,16-17,22-23,34-36,39,42,51-52,55-57H,1,4-5,10-13,15,18-20H2,(H2,45,48,58)/p+1. The molecule has 0 aromatic heterocycles. The smallest absolute Gasteiger partial charge is 0.284 e. The number of amides is 1. The molecular formula is C44H46N5O13+. The van der Waals surface area contributed by atoms with E-state index in [1.165, 1.54) is 24.3 Å². The summed E-state index contributed by atoms with van der Waals surface area (Å²) in [6.07, 6.45) is -5.87. The lowest BCUT2D eigenvalue weighted by Crippen LogP contribution is -3.09. The Morgan fingerprint density at radius 1 is 0.968 bits per heavy atom. The van der Waals surface area contributed by atoms with Crippen LogP contribution in [0.2, 0.25) is 0 Å². The van der Waals surface area contributed by atoms with Crippen molar-refractivity contribution in [1.82, 2.24) is 5.32 Å². The molecule has 62 heavy (non-hydrogen) atoms. The molecule has 1 amide bonds. The zero-order valence-corrected chi connectivity index (χ0v) is 33.4. The summed E-state index contributed by atoms with van der Waals surface area (Å²) >= 11 is 0. The van der Waals surface area contributed by atoms with Gasteiger partial charge in [0.15, 0.2) is 29.7 Å². The van der Waals surface area contributed by atoms with Crippen molar-refractivity contribution in [2.24, 2.45) is 9.98 Å². The molecule has 18 nitrogen and oxygen atoms in total. The fraction of sp³-hybridized carbons (Fsp3) is 0.432. The maximum atomic E-state index is 14.7. The number of aliphatic hydroxyl groups is 5. The SMILES string of the molecule is N=C1N=C2C(=NC[NH+]2c2ccccc2C2CCOC3(CCCCC3)C3OC(Oc4c2cc2c(c4OCC(O)CC=O)C(=O)c4cc(CO)ccc4C2=O)C(O)C(O)C3O)C(=O)N1. The lowest BCUT2D eigenvalue weighted by molar-refractivity contribution is -0.723. The minimum Gasteiger partial charge on any atom is -0.486 e. The normalized spacial score (nSPS) is 28.2. The Morgan fingerprint density at radius 3 is 2.53 bits per heavy atom. The molecule has 324 valence electrons. The second-order valence-electron chi connectivity index (χ2n) is 16.4. The number of carbonyl (C=O) groups is 4. The molecule has 4 aliphatic heterocycles. The number of aliphatic hydroxyl groups excluding tert-OH is 5. The first kappa shape index (κ1) is 41.8. The lowest BCUT2D eigenvalue weighted by Gasteiger charge is -2.50. The monoisotopic (exact) mass is 852 g/mol. The Balaban J connectivity index is 1.29. The van der Waals surface area contributed by atoms with Crippen LogP contribution in [0.5, 0.6) is 11.5 Å². The second-order valence-corrected chi connectivity index (χ2v) is 16.4. The van der Waals surface area contributed by atoms with E-state index < -0.39 is 79.0 Å². The number of benzene rings is 3. The average molecular weight is 853 g/mol. The third-order valence-corrected chi connectivity index (χ3v) is 12.7. The van der Waals surface area contributed by atoms with Gasteiger partial charge in [-0.2, -0.15) is 4.99 Å². The minimum atomic E-state index is -1.86. The fourth-order valence-electron chi connectivity index (χ4n) is 9.66. The number of hydrogen-bond acceptors (Lipinski definition) is 15. The number of hydrogen-bond donors (Lipinski definition) is 8. The van der Waals surface area contributed by atoms with Crippen molar-refractivity contribution < 1.29 is 68.6 Å². The average Bonchev–Trinajstić information content (AvgIpc) is 3.70. The first-order chi connectivity index (χ1) is 29.9. The van der Waals surface area contributed by atoms with Crippen LogP contribution >= 0.6 is 0 Å². The molecule has 8 N–H and O–H groups in total. The van der Waals surface area contributed by atoms with Crippen LogP contribution in [0.3, 0.4) is 0 Å². The number of ether oxygens (including phenoxy) is 4. The Morgan fingerprint density at radius 2 is 1.76 bits per heavy atom. The zero-order chi connectivity index (χ0) is 43.4. The van der Waals surface area contributed by atoms with Crippen LogP contribution in [0.15, 0.2) is 58.5 Å². The zero-order valence-electron chi connectivity index (χ0n) is 33.4. The van der Waals surface area contributed by atoms with E-state index >= 15 is 0 Å². The number of carbonyl (C=O) groups excluding carboxylic acids is 4. The van der Waals surface area contributed by atoms with Gasteiger partial charge in [0.05, 0.1) is 23.9 Å². The molecule has 6 aliphatic rings. The summed E-state index contributed by atoms with van der Waals surface area (Å²) in [5, 5.41) is 65.9. The molecular weight excluding hydrogens is 807 g/mol. The molecule has 4 heterocycles. The van der Waals surface area contributed by atoms with Crippen molar-refractivity contribution in [3.63, 3.8) is 0 Å². The van der Waals surface area contributed by atoms with Gasteiger partial charge in [0.25, 0.3) is 11.7 Å². The summed E-state index contributed by atoms with van der Waals surface area (Å²) in [5.74, 6) is -3.25. The topological polar surface area (TPSA) is 271 Å². The number of aldehydes is 1. The summed E-state index contributed by atoms with van der Waals surface area (Å²) in [6.45, 7) is -0.886. The lowest BCUT2D eigenvalue weighted by atomic mass is 9.76. The van der Waals surface area contributed by atoms with E-state index in [9.17, 15) is 44.7 Å². The quantitative estimate of drug-likeness (QED) is 0.110. The van der Waals surface area contributed by atoms with Gasteiger partial charge >= 0.3 is 0 Å². The highest BCUT2D eigenvalue weighted by Crippen LogP contribution is 2.50. The fourth-order valence-corrected chi connectivity index (χ4v) is 9.66. The number of guanidine groups is 1. The summed E-state index contributed by atoms with van der Waals surface area (Å²) < 4.78 is 26.3. The van der Waals surface area contributed by atoms with Crippen molar-refractivity contribution in [2.75, 3.05) is 19.9 Å². The Kier molecular flexibility index (Phi) is 11.2. The molecule has 1 saturated carbocycles. The molecule has 8 atom stereocenters. The summed E-state index contributed by atoms with van der Waals surface area (Å²) in [5.41, 5.74) is 0.483. The molecule has 2 fully saturated rings. The van der Waals surface area contributed by atoms with E-state index in [-0.39, 0.29) is 82.9 Å². The van der Waals surface area contributed by atoms with Crippen LogP contribution in [-0.2, 0) is 25.7 Å². The number of amidine groups is 1. The maximum absolute atomic E-state index is 14.7. The number of aliphatic imine (C=N–C) groups is 2. The highest BCUT2D eigenvalue weighted by molar-refractivity contribution is 6.68. The number of para-hydroxylation sites is 1. The van der Waals surface area contributed by atoms with Gasteiger partial charge in [0.1, 0.15) is 43.0 Å². The Hall–Kier alpha value is -5.57. The van der Waals surface area contributed by atoms with Crippen LogP contribution in [0.4, 0.5) is 5.69 Å². The van der Waals surface area contributed by atoms with E-state index in [2.05, 4.69) is 15.3 Å². The Bertz CT molecular complexity index is 2430. The van der Waals surface area contributed by atoms with Gasteiger partial charge in [0.2, 0.25) is 18.0 Å². The number of nitrogens with zero attached hydrogens (tertiary/aromatic N) is 2. The first-order valence-electron chi connectivity index (χ1n) is 20.7. The summed E-state index contributed by atoms with van der Waals surface area (Å²) in [7, 11) is 0. The Labute approximate surface area is 354 Å². The second kappa shape index (κ2) is 16.6. The van der Waals surface area contributed by atoms with Gasteiger partial charge in [-0.25, -0.2) is 9.89 Å². The summed E-state index contributed by atoms with van der Waals surface area (Å²) in [4.78, 5) is 63.1. The number of rotatable bonds is 8. The first-order valence-corrected chi connectivity index (χ1v) is 20.7. The van der Waals surface area contributed by atoms with E-state index in [4.69, 9.17) is 24.4 Å². The highest BCUT2D eigenvalue weighted by atomic mass is 16.7. The molecule has 2 bridgehead atoms.